The van der Waals surface area contributed by atoms with Gasteiger partial charge in [0.05, 0.1) is 41.8 Å². The summed E-state index contributed by atoms with van der Waals surface area (Å²) in [4.78, 5) is 31.9. The van der Waals surface area contributed by atoms with Crippen molar-refractivity contribution < 1.29 is 26.3 Å². The topological polar surface area (TPSA) is 106 Å². The first-order valence-corrected chi connectivity index (χ1v) is 10.8. The molecule has 0 aliphatic heterocycles. The maximum atomic E-state index is 14.8. The lowest BCUT2D eigenvalue weighted by molar-refractivity contribution is -0.138. The number of benzene rings is 1. The molecule has 0 spiro atoms. The van der Waals surface area contributed by atoms with Crippen LogP contribution in [0.5, 0.6) is 0 Å². The van der Waals surface area contributed by atoms with E-state index in [0.29, 0.717) is 5.39 Å². The highest BCUT2D eigenvalue weighted by atomic mass is 19.4. The molecule has 0 amide bonds. The Balaban J connectivity index is 1.51. The number of pyridine rings is 1. The van der Waals surface area contributed by atoms with Gasteiger partial charge in [0.2, 0.25) is 0 Å². The van der Waals surface area contributed by atoms with Crippen molar-refractivity contribution in [2.45, 2.75) is 38.3 Å². The van der Waals surface area contributed by atoms with Crippen molar-refractivity contribution in [2.24, 2.45) is 0 Å². The number of H-pyrrole nitrogens is 1. The summed E-state index contributed by atoms with van der Waals surface area (Å²) in [5.41, 5.74) is -4.27. The van der Waals surface area contributed by atoms with Crippen molar-refractivity contribution in [3.63, 3.8) is 0 Å². The van der Waals surface area contributed by atoms with Gasteiger partial charge in [-0.2, -0.15) is 18.3 Å². The van der Waals surface area contributed by atoms with Gasteiger partial charge < -0.3 is 9.88 Å². The first-order valence-electron chi connectivity index (χ1n) is 10.8. The predicted molar refractivity (Wildman–Crippen MR) is 122 cm³/mol. The molecule has 0 bridgehead atoms. The largest absolute Gasteiger partial charge is 0.423 e. The quantitative estimate of drug-likeness (QED) is 0.353. The molecule has 1 aromatic carbocycles. The Hall–Kier alpha value is -4.23. The summed E-state index contributed by atoms with van der Waals surface area (Å²) in [6.45, 7) is 0.955. The average Bonchev–Trinajstić information content (AvgIpc) is 2.80. The Morgan fingerprint density at radius 1 is 1.11 bits per heavy atom. The standard InChI is InChI=1S/C23H18F6N6O2/c1-11(33-18-9-32-34-21(36)19(18)23(27,28)29)4-13(24)10-35-3-2-12-5-16(17(26)6-15(12)22(35)37)20-30-7-14(25)8-31-20/h2-3,5-9,11,13H,4,10H2,1H3,(H2,33,34,36)/t11-,13+/m0/s1. The fraction of sp³-hybridized carbons (Fsp3) is 0.261. The minimum Gasteiger partial charge on any atom is -0.381 e. The van der Waals surface area contributed by atoms with Gasteiger partial charge >= 0.3 is 6.18 Å². The fourth-order valence-electron chi connectivity index (χ4n) is 3.86. The smallest absolute Gasteiger partial charge is 0.381 e. The van der Waals surface area contributed by atoms with Crippen LogP contribution in [-0.4, -0.2) is 36.9 Å². The summed E-state index contributed by atoms with van der Waals surface area (Å²) < 4.78 is 83.2. The molecule has 0 saturated heterocycles. The SMILES string of the molecule is C[C@@H](C[C@@H](F)Cn1ccc2cc(-c3ncc(F)cn3)c(F)cc2c1=O)Nc1cn[nH]c(=O)c1C(F)(F)F. The van der Waals surface area contributed by atoms with E-state index in [1.54, 1.807) is 5.10 Å². The van der Waals surface area contributed by atoms with Gasteiger partial charge in [-0.15, -0.1) is 0 Å². The first-order chi connectivity index (χ1) is 17.4. The zero-order chi connectivity index (χ0) is 26.9. The zero-order valence-corrected chi connectivity index (χ0v) is 19.0. The molecule has 4 aromatic rings. The number of fused-ring (bicyclic) bond motifs is 1. The number of aromatic nitrogens is 5. The van der Waals surface area contributed by atoms with Crippen LogP contribution in [0.2, 0.25) is 0 Å². The van der Waals surface area contributed by atoms with E-state index in [-0.39, 0.29) is 23.2 Å². The zero-order valence-electron chi connectivity index (χ0n) is 19.0. The number of alkyl halides is 4. The highest BCUT2D eigenvalue weighted by Crippen LogP contribution is 2.32. The normalized spacial score (nSPS) is 13.5. The second kappa shape index (κ2) is 10.0. The van der Waals surface area contributed by atoms with Crippen LogP contribution in [0.1, 0.15) is 18.9 Å². The molecule has 0 radical (unpaired) electrons. The van der Waals surface area contributed by atoms with E-state index in [2.05, 4.69) is 20.4 Å². The van der Waals surface area contributed by atoms with Crippen LogP contribution in [0.3, 0.4) is 0 Å². The summed E-state index contributed by atoms with van der Waals surface area (Å²) in [7, 11) is 0. The van der Waals surface area contributed by atoms with Crippen molar-refractivity contribution in [1.29, 1.82) is 0 Å². The van der Waals surface area contributed by atoms with Gasteiger partial charge in [-0.1, -0.05) is 0 Å². The summed E-state index contributed by atoms with van der Waals surface area (Å²) in [6, 6.07) is 2.85. The van der Waals surface area contributed by atoms with Gasteiger partial charge in [-0.3, -0.25) is 9.59 Å². The number of aromatic amines is 1. The molecule has 8 nitrogen and oxygen atoms in total. The highest BCUT2D eigenvalue weighted by molar-refractivity contribution is 5.85. The molecular formula is C23H18F6N6O2. The lowest BCUT2D eigenvalue weighted by Gasteiger charge is -2.20. The molecule has 0 aliphatic carbocycles. The van der Waals surface area contributed by atoms with E-state index < -0.39 is 58.9 Å². The van der Waals surface area contributed by atoms with Gasteiger partial charge in [-0.05, 0) is 30.5 Å². The molecule has 14 heteroatoms. The fourth-order valence-corrected chi connectivity index (χ4v) is 3.86. The lowest BCUT2D eigenvalue weighted by Crippen LogP contribution is -2.30. The molecule has 3 heterocycles. The maximum absolute atomic E-state index is 14.8. The Kier molecular flexibility index (Phi) is 7.01. The van der Waals surface area contributed by atoms with Gasteiger partial charge in [0, 0.05) is 18.7 Å². The molecule has 4 rings (SSSR count). The van der Waals surface area contributed by atoms with Crippen molar-refractivity contribution in [3.05, 3.63) is 80.9 Å². The molecule has 0 unspecified atom stereocenters. The summed E-state index contributed by atoms with van der Waals surface area (Å²) in [5, 5.41) is 7.75. The molecule has 0 fully saturated rings. The van der Waals surface area contributed by atoms with Crippen LogP contribution in [0, 0.1) is 11.6 Å². The van der Waals surface area contributed by atoms with Crippen LogP contribution in [0.15, 0.2) is 52.6 Å². The van der Waals surface area contributed by atoms with E-state index in [9.17, 15) is 35.9 Å². The number of hydrogen-bond donors (Lipinski definition) is 2. The number of nitrogens with one attached hydrogen (secondary N) is 2. The summed E-state index contributed by atoms with van der Waals surface area (Å²) >= 11 is 0. The molecule has 37 heavy (non-hydrogen) atoms. The molecule has 0 aliphatic rings. The predicted octanol–water partition coefficient (Wildman–Crippen LogP) is 4.07. The molecule has 2 N–H and O–H groups in total. The van der Waals surface area contributed by atoms with Crippen molar-refractivity contribution in [1.82, 2.24) is 24.7 Å². The Bertz CT molecular complexity index is 1550. The molecule has 3 aromatic heterocycles. The van der Waals surface area contributed by atoms with Gasteiger partial charge in [0.1, 0.15) is 17.6 Å². The minimum absolute atomic E-state index is 0.0476. The lowest BCUT2D eigenvalue weighted by atomic mass is 10.1. The maximum Gasteiger partial charge on any atom is 0.423 e. The van der Waals surface area contributed by atoms with Crippen molar-refractivity contribution >= 4 is 16.5 Å². The second-order valence-corrected chi connectivity index (χ2v) is 8.28. The highest BCUT2D eigenvalue weighted by Gasteiger charge is 2.37. The third-order valence-electron chi connectivity index (χ3n) is 5.47. The number of halogens is 6. The third-order valence-corrected chi connectivity index (χ3v) is 5.47. The van der Waals surface area contributed by atoms with Gasteiger partial charge in [0.15, 0.2) is 11.6 Å². The summed E-state index contributed by atoms with van der Waals surface area (Å²) in [5.74, 6) is -1.62. The van der Waals surface area contributed by atoms with Gasteiger partial charge in [0.25, 0.3) is 11.1 Å². The number of hydrogen-bond acceptors (Lipinski definition) is 6. The third kappa shape index (κ3) is 5.62. The van der Waals surface area contributed by atoms with E-state index in [4.69, 9.17) is 0 Å². The van der Waals surface area contributed by atoms with Crippen LogP contribution < -0.4 is 16.4 Å². The number of anilines is 1. The van der Waals surface area contributed by atoms with Crippen molar-refractivity contribution in [3.8, 4) is 11.4 Å². The van der Waals surface area contributed by atoms with Crippen LogP contribution in [0.4, 0.5) is 32.0 Å². The van der Waals surface area contributed by atoms with E-state index in [0.717, 1.165) is 29.2 Å². The van der Waals surface area contributed by atoms with E-state index >= 15 is 0 Å². The van der Waals surface area contributed by atoms with Crippen LogP contribution in [-0.2, 0) is 12.7 Å². The molecular weight excluding hydrogens is 506 g/mol. The van der Waals surface area contributed by atoms with E-state index in [1.165, 1.54) is 25.3 Å². The molecule has 194 valence electrons. The van der Waals surface area contributed by atoms with Crippen LogP contribution >= 0.6 is 0 Å². The van der Waals surface area contributed by atoms with Crippen LogP contribution in [0.25, 0.3) is 22.2 Å². The van der Waals surface area contributed by atoms with Gasteiger partial charge in [-0.25, -0.2) is 28.2 Å². The molecule has 2 atom stereocenters. The average molecular weight is 524 g/mol. The monoisotopic (exact) mass is 524 g/mol. The van der Waals surface area contributed by atoms with E-state index in [1.807, 2.05) is 0 Å². The minimum atomic E-state index is -4.95. The number of nitrogens with zero attached hydrogens (tertiary/aromatic N) is 4. The number of rotatable bonds is 7. The first kappa shape index (κ1) is 25.9. The Morgan fingerprint density at radius 3 is 2.49 bits per heavy atom. The van der Waals surface area contributed by atoms with Crippen molar-refractivity contribution in [2.75, 3.05) is 5.32 Å². The summed E-state index contributed by atoms with van der Waals surface area (Å²) in [6.07, 6.45) is -3.13. The Labute approximate surface area is 204 Å². The molecule has 0 saturated carbocycles. The second-order valence-electron chi connectivity index (χ2n) is 8.28. The Morgan fingerprint density at radius 2 is 1.81 bits per heavy atom.